The van der Waals surface area contributed by atoms with E-state index in [4.69, 9.17) is 9.47 Å². The van der Waals surface area contributed by atoms with E-state index < -0.39 is 0 Å². The summed E-state index contributed by atoms with van der Waals surface area (Å²) in [5.74, 6) is 3.33. The van der Waals surface area contributed by atoms with Crippen LogP contribution in [0.1, 0.15) is 0 Å². The molecule has 246 valence electrons. The van der Waals surface area contributed by atoms with Crippen LogP contribution in [0.4, 0.5) is 34.1 Å². The van der Waals surface area contributed by atoms with Gasteiger partial charge in [0.2, 0.25) is 0 Å². The summed E-state index contributed by atoms with van der Waals surface area (Å²) in [6, 6.07) is 54.1. The fourth-order valence-electron chi connectivity index (χ4n) is 7.27. The second-order valence-corrected chi connectivity index (χ2v) is 12.7. The molecule has 0 amide bonds. The summed E-state index contributed by atoms with van der Waals surface area (Å²) in [4.78, 5) is 13.7. The van der Waals surface area contributed by atoms with Crippen molar-refractivity contribution in [2.45, 2.75) is 0 Å². The van der Waals surface area contributed by atoms with Crippen LogP contribution in [0, 0.1) is 0 Å². The fraction of sp³-hybridized carbons (Fsp3) is 0. The third-order valence-electron chi connectivity index (χ3n) is 9.67. The molecule has 0 bridgehead atoms. The van der Waals surface area contributed by atoms with Gasteiger partial charge in [0.05, 0.1) is 22.7 Å². The van der Waals surface area contributed by atoms with Crippen LogP contribution in [0.3, 0.4) is 0 Å². The Morgan fingerprint density at radius 1 is 0.327 bits per heavy atom. The van der Waals surface area contributed by atoms with Gasteiger partial charge in [-0.3, -0.25) is 9.97 Å². The lowest BCUT2D eigenvalue weighted by atomic mass is 9.92. The van der Waals surface area contributed by atoms with E-state index in [1.54, 1.807) is 0 Å². The molecule has 52 heavy (non-hydrogen) atoms. The second kappa shape index (κ2) is 12.3. The number of aromatic nitrogens is 2. The number of rotatable bonds is 5. The first-order valence-corrected chi connectivity index (χ1v) is 17.2. The van der Waals surface area contributed by atoms with Crippen molar-refractivity contribution in [1.29, 1.82) is 0 Å². The van der Waals surface area contributed by atoms with Gasteiger partial charge in [0.15, 0.2) is 23.0 Å². The van der Waals surface area contributed by atoms with Crippen LogP contribution >= 0.6 is 0 Å². The molecule has 0 saturated carbocycles. The predicted molar refractivity (Wildman–Crippen MR) is 208 cm³/mol. The molecule has 8 aromatic rings. The molecule has 10 rings (SSSR count). The fourth-order valence-corrected chi connectivity index (χ4v) is 7.27. The van der Waals surface area contributed by atoms with Gasteiger partial charge in [0.25, 0.3) is 0 Å². The Hall–Kier alpha value is -7.18. The van der Waals surface area contributed by atoms with Crippen LogP contribution in [-0.2, 0) is 0 Å². The van der Waals surface area contributed by atoms with E-state index in [0.29, 0.717) is 0 Å². The van der Waals surface area contributed by atoms with E-state index in [1.807, 2.05) is 97.6 Å². The van der Waals surface area contributed by atoms with Crippen molar-refractivity contribution in [2.75, 3.05) is 9.80 Å². The van der Waals surface area contributed by atoms with Crippen molar-refractivity contribution in [2.24, 2.45) is 0 Å². The standard InChI is InChI=1S/C46H30N4O2/c1-5-13-43-39(9-1)49(40-10-2-6-14-44(40)51-43)33-21-17-31(18-22-33)35-25-27-47-29-37(35)38-30-48-28-26-36(38)32-19-23-34(24-20-32)50-41-11-3-7-15-45(41)52-46-16-8-4-12-42(46)50/h1-30H. The van der Waals surface area contributed by atoms with E-state index in [1.165, 1.54) is 0 Å². The molecule has 6 heteroatoms. The number of para-hydroxylation sites is 8. The topological polar surface area (TPSA) is 50.7 Å². The third-order valence-corrected chi connectivity index (χ3v) is 9.67. The number of nitrogens with zero attached hydrogens (tertiary/aromatic N) is 4. The Morgan fingerprint density at radius 3 is 1.00 bits per heavy atom. The van der Waals surface area contributed by atoms with E-state index in [0.717, 1.165) is 90.5 Å². The summed E-state index contributed by atoms with van der Waals surface area (Å²) in [5.41, 5.74) is 12.5. The predicted octanol–water partition coefficient (Wildman–Crippen LogP) is 12.6. The zero-order valence-corrected chi connectivity index (χ0v) is 27.9. The van der Waals surface area contributed by atoms with Crippen molar-refractivity contribution in [3.05, 3.63) is 183 Å². The molecule has 0 spiro atoms. The van der Waals surface area contributed by atoms with E-state index in [-0.39, 0.29) is 0 Å². The second-order valence-electron chi connectivity index (χ2n) is 12.7. The number of pyridine rings is 2. The van der Waals surface area contributed by atoms with Crippen molar-refractivity contribution in [3.63, 3.8) is 0 Å². The van der Waals surface area contributed by atoms with Gasteiger partial charge in [-0.25, -0.2) is 0 Å². The van der Waals surface area contributed by atoms with Gasteiger partial charge in [-0.2, -0.15) is 0 Å². The minimum atomic E-state index is 0.832. The average molecular weight is 671 g/mol. The molecule has 0 unspecified atom stereocenters. The number of hydrogen-bond acceptors (Lipinski definition) is 6. The molecule has 0 fully saturated rings. The quantitative estimate of drug-likeness (QED) is 0.182. The number of ether oxygens (including phenoxy) is 2. The molecule has 2 aromatic heterocycles. The molecule has 0 atom stereocenters. The van der Waals surface area contributed by atoms with E-state index in [9.17, 15) is 0 Å². The van der Waals surface area contributed by atoms with Crippen LogP contribution in [0.2, 0.25) is 0 Å². The zero-order chi connectivity index (χ0) is 34.4. The van der Waals surface area contributed by atoms with Crippen LogP contribution in [0.5, 0.6) is 23.0 Å². The van der Waals surface area contributed by atoms with Gasteiger partial charge in [-0.1, -0.05) is 72.8 Å². The maximum atomic E-state index is 6.24. The summed E-state index contributed by atoms with van der Waals surface area (Å²) < 4.78 is 12.5. The SMILES string of the molecule is c1ccc2c(c1)Oc1ccccc1N2c1ccc(-c2ccncc2-c2cnccc2-c2ccc(N3c4ccccc4Oc4ccccc43)cc2)cc1. The van der Waals surface area contributed by atoms with Gasteiger partial charge in [-0.05, 0) is 107 Å². The van der Waals surface area contributed by atoms with Crippen molar-refractivity contribution in [1.82, 2.24) is 9.97 Å². The molecule has 6 nitrogen and oxygen atoms in total. The highest BCUT2D eigenvalue weighted by atomic mass is 16.5. The molecular formula is C46H30N4O2. The molecule has 4 heterocycles. The lowest BCUT2D eigenvalue weighted by molar-refractivity contribution is 0.477. The number of anilines is 6. The highest BCUT2D eigenvalue weighted by Gasteiger charge is 2.27. The van der Waals surface area contributed by atoms with Crippen LogP contribution in [0.15, 0.2) is 183 Å². The Labute approximate surface area is 301 Å². The molecule has 0 radical (unpaired) electrons. The van der Waals surface area contributed by atoms with E-state index in [2.05, 4.69) is 105 Å². The summed E-state index contributed by atoms with van der Waals surface area (Å²) in [5, 5.41) is 0. The Kier molecular flexibility index (Phi) is 7.03. The van der Waals surface area contributed by atoms with Crippen molar-refractivity contribution in [3.8, 4) is 56.4 Å². The van der Waals surface area contributed by atoms with Crippen LogP contribution in [-0.4, -0.2) is 9.97 Å². The normalized spacial score (nSPS) is 12.5. The van der Waals surface area contributed by atoms with E-state index >= 15 is 0 Å². The largest absolute Gasteiger partial charge is 0.453 e. The third kappa shape index (κ3) is 4.96. The van der Waals surface area contributed by atoms with Gasteiger partial charge < -0.3 is 19.3 Å². The minimum absolute atomic E-state index is 0.832. The molecule has 0 N–H and O–H groups in total. The average Bonchev–Trinajstić information content (AvgIpc) is 3.22. The van der Waals surface area contributed by atoms with Gasteiger partial charge >= 0.3 is 0 Å². The molecule has 0 aliphatic carbocycles. The van der Waals surface area contributed by atoms with Gasteiger partial charge in [0, 0.05) is 47.3 Å². The molecule has 0 saturated heterocycles. The lowest BCUT2D eigenvalue weighted by Gasteiger charge is -2.32. The van der Waals surface area contributed by atoms with Gasteiger partial charge in [-0.15, -0.1) is 0 Å². The summed E-state index contributed by atoms with van der Waals surface area (Å²) in [6.45, 7) is 0. The maximum Gasteiger partial charge on any atom is 0.151 e. The first-order chi connectivity index (χ1) is 25.8. The monoisotopic (exact) mass is 670 g/mol. The molecular weight excluding hydrogens is 641 g/mol. The van der Waals surface area contributed by atoms with Crippen LogP contribution < -0.4 is 19.3 Å². The zero-order valence-electron chi connectivity index (χ0n) is 27.9. The summed E-state index contributed by atoms with van der Waals surface area (Å²) in [7, 11) is 0. The Morgan fingerprint density at radius 2 is 0.654 bits per heavy atom. The smallest absolute Gasteiger partial charge is 0.151 e. The highest BCUT2D eigenvalue weighted by molar-refractivity contribution is 5.93. The highest BCUT2D eigenvalue weighted by Crippen LogP contribution is 2.52. The minimum Gasteiger partial charge on any atom is -0.453 e. The number of benzene rings is 6. The van der Waals surface area contributed by atoms with Crippen molar-refractivity contribution >= 4 is 34.1 Å². The summed E-state index contributed by atoms with van der Waals surface area (Å²) in [6.07, 6.45) is 7.58. The lowest BCUT2D eigenvalue weighted by Crippen LogP contribution is -2.15. The van der Waals surface area contributed by atoms with Gasteiger partial charge in [0.1, 0.15) is 0 Å². The Bertz CT molecular complexity index is 2330. The first kappa shape index (κ1) is 29.7. The van der Waals surface area contributed by atoms with Crippen molar-refractivity contribution < 1.29 is 9.47 Å². The molecule has 2 aliphatic rings. The van der Waals surface area contributed by atoms with Crippen LogP contribution in [0.25, 0.3) is 33.4 Å². The molecule has 6 aromatic carbocycles. The number of hydrogen-bond donors (Lipinski definition) is 0. The first-order valence-electron chi connectivity index (χ1n) is 17.2. The maximum absolute atomic E-state index is 6.24. The number of fused-ring (bicyclic) bond motifs is 4. The molecule has 2 aliphatic heterocycles. The summed E-state index contributed by atoms with van der Waals surface area (Å²) >= 11 is 0. The Balaban J connectivity index is 1.01.